The second-order valence-electron chi connectivity index (χ2n) is 7.15. The molecule has 0 radical (unpaired) electrons. The number of aliphatic hydroxyl groups is 1. The molecule has 2 aromatic carbocycles. The molecule has 0 bridgehead atoms. The van der Waals surface area contributed by atoms with Crippen molar-refractivity contribution in [3.63, 3.8) is 0 Å². The van der Waals surface area contributed by atoms with Crippen LogP contribution in [-0.2, 0) is 12.8 Å². The summed E-state index contributed by atoms with van der Waals surface area (Å²) >= 11 is 1.40. The van der Waals surface area contributed by atoms with Crippen LogP contribution in [0.3, 0.4) is 0 Å². The van der Waals surface area contributed by atoms with Crippen molar-refractivity contribution in [2.75, 3.05) is 19.0 Å². The minimum Gasteiger partial charge on any atom is -0.496 e. The summed E-state index contributed by atoms with van der Waals surface area (Å²) in [6.45, 7) is 2.35. The van der Waals surface area contributed by atoms with E-state index in [9.17, 15) is 4.79 Å². The van der Waals surface area contributed by atoms with Crippen LogP contribution in [0.2, 0.25) is 0 Å². The molecule has 1 heterocycles. The smallest absolute Gasteiger partial charge is 0.257 e. The van der Waals surface area contributed by atoms with Crippen molar-refractivity contribution in [2.24, 2.45) is 0 Å². The van der Waals surface area contributed by atoms with Crippen molar-refractivity contribution < 1.29 is 14.6 Å². The first-order valence-electron chi connectivity index (χ1n) is 10.3. The first-order chi connectivity index (χ1) is 14.6. The van der Waals surface area contributed by atoms with Crippen LogP contribution < -0.4 is 10.1 Å². The number of unbranched alkanes of at least 4 members (excludes halogenated alkanes) is 1. The molecule has 0 saturated carbocycles. The Morgan fingerprint density at radius 2 is 1.83 bits per heavy atom. The van der Waals surface area contributed by atoms with Crippen molar-refractivity contribution in [1.29, 1.82) is 0 Å². The predicted octanol–water partition coefficient (Wildman–Crippen LogP) is 5.34. The third kappa shape index (κ3) is 5.68. The average Bonchev–Trinajstić information content (AvgIpc) is 3.24. The fraction of sp³-hybridized carbons (Fsp3) is 0.333. The van der Waals surface area contributed by atoms with Gasteiger partial charge in [-0.25, -0.2) is 4.98 Å². The third-order valence-corrected chi connectivity index (χ3v) is 5.68. The SMILES string of the molecule is CCCCc1ccc(OC)c(-c2csc(NC(=O)c3ccc(CCCO)cc3)n2)c1. The van der Waals surface area contributed by atoms with Gasteiger partial charge in [-0.2, -0.15) is 0 Å². The molecule has 0 saturated heterocycles. The van der Waals surface area contributed by atoms with Gasteiger partial charge in [0.05, 0.1) is 12.8 Å². The summed E-state index contributed by atoms with van der Waals surface area (Å²) in [7, 11) is 1.66. The van der Waals surface area contributed by atoms with Gasteiger partial charge in [0.25, 0.3) is 5.91 Å². The molecule has 2 N–H and O–H groups in total. The van der Waals surface area contributed by atoms with Crippen molar-refractivity contribution in [3.05, 3.63) is 64.5 Å². The molecule has 6 heteroatoms. The Labute approximate surface area is 181 Å². The summed E-state index contributed by atoms with van der Waals surface area (Å²) in [5.74, 6) is 0.588. The van der Waals surface area contributed by atoms with E-state index < -0.39 is 0 Å². The van der Waals surface area contributed by atoms with Crippen LogP contribution in [0, 0.1) is 0 Å². The molecule has 5 nitrogen and oxygen atoms in total. The van der Waals surface area contributed by atoms with Gasteiger partial charge in [0.1, 0.15) is 5.75 Å². The van der Waals surface area contributed by atoms with Gasteiger partial charge in [0.15, 0.2) is 5.13 Å². The summed E-state index contributed by atoms with van der Waals surface area (Å²) in [4.78, 5) is 17.2. The quantitative estimate of drug-likeness (QED) is 0.461. The molecular formula is C24H28N2O3S. The monoisotopic (exact) mass is 424 g/mol. The Kier molecular flexibility index (Phi) is 7.99. The Hall–Kier alpha value is -2.70. The molecule has 3 rings (SSSR count). The van der Waals surface area contributed by atoms with Crippen LogP contribution in [0.15, 0.2) is 47.8 Å². The van der Waals surface area contributed by atoms with Gasteiger partial charge in [0, 0.05) is 23.1 Å². The van der Waals surface area contributed by atoms with Crippen molar-refractivity contribution in [3.8, 4) is 17.0 Å². The van der Waals surface area contributed by atoms with E-state index in [2.05, 4.69) is 29.4 Å². The summed E-state index contributed by atoms with van der Waals surface area (Å²) in [5.41, 5.74) is 4.68. The van der Waals surface area contributed by atoms with Gasteiger partial charge in [-0.05, 0) is 61.1 Å². The van der Waals surface area contributed by atoms with Gasteiger partial charge in [-0.3, -0.25) is 10.1 Å². The number of aryl methyl sites for hydroxylation is 2. The number of amides is 1. The minimum absolute atomic E-state index is 0.168. The van der Waals surface area contributed by atoms with Crippen LogP contribution in [0.25, 0.3) is 11.3 Å². The first-order valence-corrected chi connectivity index (χ1v) is 11.2. The topological polar surface area (TPSA) is 71.5 Å². The fourth-order valence-corrected chi connectivity index (χ4v) is 3.93. The highest BCUT2D eigenvalue weighted by molar-refractivity contribution is 7.14. The highest BCUT2D eigenvalue weighted by Gasteiger charge is 2.13. The van der Waals surface area contributed by atoms with Gasteiger partial charge >= 0.3 is 0 Å². The third-order valence-electron chi connectivity index (χ3n) is 4.92. The zero-order chi connectivity index (χ0) is 21.3. The lowest BCUT2D eigenvalue weighted by Crippen LogP contribution is -2.11. The maximum atomic E-state index is 12.6. The average molecular weight is 425 g/mol. The number of aliphatic hydroxyl groups excluding tert-OH is 1. The molecule has 0 atom stereocenters. The maximum absolute atomic E-state index is 12.6. The minimum atomic E-state index is -0.187. The number of nitrogens with zero attached hydrogens (tertiary/aromatic N) is 1. The van der Waals surface area contributed by atoms with Crippen molar-refractivity contribution in [1.82, 2.24) is 4.98 Å². The molecule has 30 heavy (non-hydrogen) atoms. The summed E-state index contributed by atoms with van der Waals surface area (Å²) in [5, 5.41) is 14.3. The van der Waals surface area contributed by atoms with Gasteiger partial charge in [-0.15, -0.1) is 11.3 Å². The van der Waals surface area contributed by atoms with E-state index in [-0.39, 0.29) is 12.5 Å². The van der Waals surface area contributed by atoms with Crippen LogP contribution in [0.4, 0.5) is 5.13 Å². The van der Waals surface area contributed by atoms with Crippen LogP contribution >= 0.6 is 11.3 Å². The number of aromatic nitrogens is 1. The Morgan fingerprint density at radius 3 is 2.53 bits per heavy atom. The lowest BCUT2D eigenvalue weighted by molar-refractivity contribution is 0.102. The van der Waals surface area contributed by atoms with E-state index >= 15 is 0 Å². The van der Waals surface area contributed by atoms with Crippen LogP contribution in [-0.4, -0.2) is 29.7 Å². The highest BCUT2D eigenvalue weighted by Crippen LogP contribution is 2.33. The van der Waals surface area contributed by atoms with E-state index in [4.69, 9.17) is 9.84 Å². The molecule has 0 unspecified atom stereocenters. The number of methoxy groups -OCH3 is 1. The number of carbonyl (C=O) groups is 1. The molecular weight excluding hydrogens is 396 g/mol. The van der Waals surface area contributed by atoms with E-state index in [1.54, 1.807) is 19.2 Å². The molecule has 0 aliphatic heterocycles. The predicted molar refractivity (Wildman–Crippen MR) is 123 cm³/mol. The second-order valence-corrected chi connectivity index (χ2v) is 8.01. The zero-order valence-corrected chi connectivity index (χ0v) is 18.3. The van der Waals surface area contributed by atoms with Crippen molar-refractivity contribution in [2.45, 2.75) is 39.0 Å². The Balaban J connectivity index is 1.72. The Morgan fingerprint density at radius 1 is 1.10 bits per heavy atom. The van der Waals surface area contributed by atoms with Gasteiger partial charge < -0.3 is 9.84 Å². The number of carbonyl (C=O) groups excluding carboxylic acids is 1. The molecule has 0 fully saturated rings. The number of rotatable bonds is 10. The highest BCUT2D eigenvalue weighted by atomic mass is 32.1. The number of anilines is 1. The molecule has 158 valence electrons. The van der Waals surface area contributed by atoms with E-state index in [0.29, 0.717) is 10.7 Å². The van der Waals surface area contributed by atoms with Crippen LogP contribution in [0.5, 0.6) is 5.75 Å². The number of ether oxygens (including phenoxy) is 1. The molecule has 1 aromatic heterocycles. The van der Waals surface area contributed by atoms with E-state index in [1.807, 2.05) is 23.6 Å². The molecule has 0 aliphatic carbocycles. The fourth-order valence-electron chi connectivity index (χ4n) is 3.22. The number of hydrogen-bond acceptors (Lipinski definition) is 5. The number of hydrogen-bond donors (Lipinski definition) is 2. The molecule has 0 spiro atoms. The summed E-state index contributed by atoms with van der Waals surface area (Å²) in [6.07, 6.45) is 4.83. The van der Waals surface area contributed by atoms with Gasteiger partial charge in [-0.1, -0.05) is 31.5 Å². The van der Waals surface area contributed by atoms with Crippen LogP contribution in [0.1, 0.15) is 47.7 Å². The second kappa shape index (κ2) is 10.9. The largest absolute Gasteiger partial charge is 0.496 e. The zero-order valence-electron chi connectivity index (χ0n) is 17.5. The first kappa shape index (κ1) is 22.0. The lowest BCUT2D eigenvalue weighted by Gasteiger charge is -2.09. The summed E-state index contributed by atoms with van der Waals surface area (Å²) in [6, 6.07) is 13.6. The van der Waals surface area contributed by atoms with Gasteiger partial charge in [0.2, 0.25) is 0 Å². The summed E-state index contributed by atoms with van der Waals surface area (Å²) < 4.78 is 5.52. The van der Waals surface area contributed by atoms with E-state index in [1.165, 1.54) is 16.9 Å². The van der Waals surface area contributed by atoms with Crippen molar-refractivity contribution >= 4 is 22.4 Å². The molecule has 0 aliphatic rings. The number of benzene rings is 2. The Bertz CT molecular complexity index is 967. The maximum Gasteiger partial charge on any atom is 0.257 e. The van der Waals surface area contributed by atoms with E-state index in [0.717, 1.165) is 54.7 Å². The standard InChI is InChI=1S/C24H28N2O3S/c1-3-4-6-18-10-13-22(29-2)20(15-18)21-16-30-24(25-21)26-23(28)19-11-8-17(9-12-19)7-5-14-27/h8-13,15-16,27H,3-7,14H2,1-2H3,(H,25,26,28). The number of nitrogens with one attached hydrogen (secondary N) is 1. The lowest BCUT2D eigenvalue weighted by atomic mass is 10.0. The number of thiazole rings is 1. The molecule has 3 aromatic rings. The molecule has 1 amide bonds. The normalized spacial score (nSPS) is 10.8.